The lowest BCUT2D eigenvalue weighted by atomic mass is 9.96. The van der Waals surface area contributed by atoms with E-state index in [1.54, 1.807) is 12.0 Å². The highest BCUT2D eigenvalue weighted by Crippen LogP contribution is 2.31. The summed E-state index contributed by atoms with van der Waals surface area (Å²) in [4.78, 5) is 14.8. The molecule has 0 aliphatic carbocycles. The van der Waals surface area contributed by atoms with Gasteiger partial charge < -0.3 is 14.7 Å². The molecule has 1 aliphatic rings. The van der Waals surface area contributed by atoms with Crippen molar-refractivity contribution in [3.63, 3.8) is 0 Å². The first-order valence-corrected chi connectivity index (χ1v) is 8.96. The Morgan fingerprint density at radius 3 is 2.67 bits per heavy atom. The number of methoxy groups -OCH3 is 1. The van der Waals surface area contributed by atoms with Gasteiger partial charge in [0.25, 0.3) is 5.91 Å². The summed E-state index contributed by atoms with van der Waals surface area (Å²) >= 11 is 0. The molecule has 0 fully saturated rings. The van der Waals surface area contributed by atoms with E-state index in [9.17, 15) is 9.90 Å². The summed E-state index contributed by atoms with van der Waals surface area (Å²) in [7, 11) is 1.64. The molecule has 1 aliphatic heterocycles. The quantitative estimate of drug-likeness (QED) is 0.767. The van der Waals surface area contributed by atoms with Crippen LogP contribution in [0.2, 0.25) is 0 Å². The Hall–Kier alpha value is -3.11. The number of para-hydroxylation sites is 1. The second-order valence-corrected chi connectivity index (χ2v) is 6.68. The minimum atomic E-state index is -0.656. The highest BCUT2D eigenvalue weighted by molar-refractivity contribution is 5.96. The third-order valence-electron chi connectivity index (χ3n) is 4.98. The fourth-order valence-corrected chi connectivity index (χ4v) is 3.62. The van der Waals surface area contributed by atoms with Gasteiger partial charge in [-0.15, -0.1) is 0 Å². The molecule has 0 aromatic heterocycles. The Morgan fingerprint density at radius 1 is 1.04 bits per heavy atom. The normalized spacial score (nSPS) is 15.9. The van der Waals surface area contributed by atoms with Crippen molar-refractivity contribution in [3.8, 4) is 16.9 Å². The maximum absolute atomic E-state index is 13.1. The number of aliphatic hydroxyl groups excluding tert-OH is 1. The number of carbonyl (C=O) groups excluding carboxylic acids is 1. The molecule has 1 amide bonds. The van der Waals surface area contributed by atoms with Crippen molar-refractivity contribution in [2.24, 2.45) is 0 Å². The van der Waals surface area contributed by atoms with Gasteiger partial charge in [-0.2, -0.15) is 0 Å². The number of hydrogen-bond donors (Lipinski definition) is 1. The van der Waals surface area contributed by atoms with E-state index in [1.807, 2.05) is 72.8 Å². The zero-order valence-corrected chi connectivity index (χ0v) is 15.1. The molecule has 1 heterocycles. The van der Waals surface area contributed by atoms with Crippen molar-refractivity contribution in [2.45, 2.75) is 12.6 Å². The molecular formula is C23H21NO3. The monoisotopic (exact) mass is 359 g/mol. The lowest BCUT2D eigenvalue weighted by Crippen LogP contribution is -2.38. The van der Waals surface area contributed by atoms with Crippen LogP contribution in [0.3, 0.4) is 0 Å². The van der Waals surface area contributed by atoms with Crippen molar-refractivity contribution in [1.29, 1.82) is 0 Å². The van der Waals surface area contributed by atoms with E-state index < -0.39 is 6.10 Å². The number of rotatable bonds is 3. The van der Waals surface area contributed by atoms with Gasteiger partial charge in [0.15, 0.2) is 0 Å². The molecule has 136 valence electrons. The Balaban J connectivity index is 1.64. The second-order valence-electron chi connectivity index (χ2n) is 6.68. The van der Waals surface area contributed by atoms with Crippen molar-refractivity contribution >= 4 is 5.91 Å². The fourth-order valence-electron chi connectivity index (χ4n) is 3.62. The SMILES string of the molecule is COc1ccccc1-c1cccc(C(=O)N2Cc3ccccc3C(O)C2)c1. The van der Waals surface area contributed by atoms with Crippen LogP contribution < -0.4 is 4.74 Å². The molecule has 3 aromatic rings. The van der Waals surface area contributed by atoms with Gasteiger partial charge in [-0.25, -0.2) is 0 Å². The number of β-amino-alcohol motifs (C(OH)–C–C–N with tert-alkyl or cyclic N) is 1. The molecule has 1 unspecified atom stereocenters. The van der Waals surface area contributed by atoms with E-state index >= 15 is 0 Å². The minimum absolute atomic E-state index is 0.0831. The van der Waals surface area contributed by atoms with Crippen LogP contribution >= 0.6 is 0 Å². The lowest BCUT2D eigenvalue weighted by Gasteiger charge is -2.32. The predicted octanol–water partition coefficient (Wildman–Crippen LogP) is 4.05. The molecule has 1 atom stereocenters. The number of fused-ring (bicyclic) bond motifs is 1. The van der Waals surface area contributed by atoms with E-state index in [2.05, 4.69) is 0 Å². The molecule has 4 rings (SSSR count). The molecule has 0 bridgehead atoms. The highest BCUT2D eigenvalue weighted by atomic mass is 16.5. The van der Waals surface area contributed by atoms with Crippen molar-refractivity contribution in [1.82, 2.24) is 4.90 Å². The van der Waals surface area contributed by atoms with Crippen LogP contribution in [-0.4, -0.2) is 29.6 Å². The Labute approximate surface area is 158 Å². The van der Waals surface area contributed by atoms with Crippen LogP contribution in [0.15, 0.2) is 72.8 Å². The van der Waals surface area contributed by atoms with Crippen LogP contribution in [0, 0.1) is 0 Å². The standard InChI is InChI=1S/C23H21NO3/c1-27-22-12-5-4-11-20(22)16-8-6-9-17(13-16)23(26)24-14-18-7-2-3-10-19(18)21(25)15-24/h2-13,21,25H,14-15H2,1H3. The maximum atomic E-state index is 13.1. The van der Waals surface area contributed by atoms with Gasteiger partial charge in [0.1, 0.15) is 5.75 Å². The molecule has 4 heteroatoms. The van der Waals surface area contributed by atoms with Crippen LogP contribution in [0.25, 0.3) is 11.1 Å². The summed E-state index contributed by atoms with van der Waals surface area (Å²) in [5.41, 5.74) is 4.37. The van der Waals surface area contributed by atoms with E-state index in [0.717, 1.165) is 28.0 Å². The van der Waals surface area contributed by atoms with Crippen LogP contribution in [0.4, 0.5) is 0 Å². The first kappa shape index (κ1) is 17.3. The number of amides is 1. The van der Waals surface area contributed by atoms with Gasteiger partial charge in [0.05, 0.1) is 19.8 Å². The van der Waals surface area contributed by atoms with Crippen LogP contribution in [0.5, 0.6) is 5.75 Å². The summed E-state index contributed by atoms with van der Waals surface area (Å²) in [6.45, 7) is 0.805. The van der Waals surface area contributed by atoms with Gasteiger partial charge >= 0.3 is 0 Å². The molecular weight excluding hydrogens is 338 g/mol. The number of aliphatic hydroxyl groups is 1. The molecule has 0 spiro atoms. The van der Waals surface area contributed by atoms with Gasteiger partial charge in [-0.05, 0) is 34.9 Å². The zero-order chi connectivity index (χ0) is 18.8. The number of carbonyl (C=O) groups is 1. The van der Waals surface area contributed by atoms with Crippen molar-refractivity contribution < 1.29 is 14.6 Å². The third kappa shape index (κ3) is 3.32. The van der Waals surface area contributed by atoms with Gasteiger partial charge in [-0.3, -0.25) is 4.79 Å². The molecule has 27 heavy (non-hydrogen) atoms. The first-order valence-electron chi connectivity index (χ1n) is 8.96. The second kappa shape index (κ2) is 7.25. The van der Waals surface area contributed by atoms with Gasteiger partial charge in [0.2, 0.25) is 0 Å². The fraction of sp³-hybridized carbons (Fsp3) is 0.174. The average molecular weight is 359 g/mol. The maximum Gasteiger partial charge on any atom is 0.254 e. The Kier molecular flexibility index (Phi) is 4.65. The largest absolute Gasteiger partial charge is 0.496 e. The molecule has 0 saturated carbocycles. The van der Waals surface area contributed by atoms with Crippen molar-refractivity contribution in [3.05, 3.63) is 89.5 Å². The van der Waals surface area contributed by atoms with Crippen LogP contribution in [-0.2, 0) is 6.54 Å². The lowest BCUT2D eigenvalue weighted by molar-refractivity contribution is 0.0550. The van der Waals surface area contributed by atoms with Gasteiger partial charge in [0, 0.05) is 17.7 Å². The molecule has 3 aromatic carbocycles. The summed E-state index contributed by atoms with van der Waals surface area (Å²) in [5, 5.41) is 10.4. The number of hydrogen-bond acceptors (Lipinski definition) is 3. The minimum Gasteiger partial charge on any atom is -0.496 e. The number of nitrogens with zero attached hydrogens (tertiary/aromatic N) is 1. The molecule has 0 saturated heterocycles. The Bertz CT molecular complexity index is 983. The van der Waals surface area contributed by atoms with Crippen molar-refractivity contribution in [2.75, 3.05) is 13.7 Å². The topological polar surface area (TPSA) is 49.8 Å². The average Bonchev–Trinajstić information content (AvgIpc) is 2.73. The first-order chi connectivity index (χ1) is 13.2. The highest BCUT2D eigenvalue weighted by Gasteiger charge is 2.27. The molecule has 1 N–H and O–H groups in total. The summed E-state index contributed by atoms with van der Waals surface area (Å²) in [6.07, 6.45) is -0.656. The van der Waals surface area contributed by atoms with Crippen LogP contribution in [0.1, 0.15) is 27.6 Å². The third-order valence-corrected chi connectivity index (χ3v) is 4.98. The smallest absolute Gasteiger partial charge is 0.254 e. The van der Waals surface area contributed by atoms with Gasteiger partial charge in [-0.1, -0.05) is 54.6 Å². The molecule has 4 nitrogen and oxygen atoms in total. The summed E-state index contributed by atoms with van der Waals surface area (Å²) in [6, 6.07) is 23.0. The summed E-state index contributed by atoms with van der Waals surface area (Å²) < 4.78 is 5.44. The van der Waals surface area contributed by atoms with E-state index in [1.165, 1.54) is 0 Å². The van der Waals surface area contributed by atoms with E-state index in [-0.39, 0.29) is 5.91 Å². The van der Waals surface area contributed by atoms with E-state index in [4.69, 9.17) is 4.74 Å². The van der Waals surface area contributed by atoms with E-state index in [0.29, 0.717) is 18.7 Å². The molecule has 0 radical (unpaired) electrons. The zero-order valence-electron chi connectivity index (χ0n) is 15.1. The summed E-state index contributed by atoms with van der Waals surface area (Å²) in [5.74, 6) is 0.685. The number of ether oxygens (including phenoxy) is 1. The predicted molar refractivity (Wildman–Crippen MR) is 105 cm³/mol. The number of benzene rings is 3. The Morgan fingerprint density at radius 2 is 1.81 bits per heavy atom.